The van der Waals surface area contributed by atoms with Crippen LogP contribution in [0, 0.1) is 0 Å². The Kier molecular flexibility index (Phi) is 4.90. The van der Waals surface area contributed by atoms with Crippen LogP contribution in [0.15, 0.2) is 48.5 Å². The number of nitrogens with one attached hydrogen (secondary N) is 1. The van der Waals surface area contributed by atoms with Gasteiger partial charge < -0.3 is 10.1 Å². The van der Waals surface area contributed by atoms with Crippen molar-refractivity contribution >= 4 is 0 Å². The summed E-state index contributed by atoms with van der Waals surface area (Å²) in [6.45, 7) is 2.98. The Morgan fingerprint density at radius 1 is 0.905 bits per heavy atom. The first kappa shape index (κ1) is 14.2. The van der Waals surface area contributed by atoms with Gasteiger partial charge in [0.1, 0.15) is 5.75 Å². The van der Waals surface area contributed by atoms with Crippen molar-refractivity contribution in [3.63, 3.8) is 0 Å². The lowest BCUT2D eigenvalue weighted by Gasteiger charge is -2.06. The SMILES string of the molecule is c1ccc(CCCNCCc2ccc3c(c2)CCO3)cc1. The van der Waals surface area contributed by atoms with Crippen LogP contribution >= 0.6 is 0 Å². The van der Waals surface area contributed by atoms with E-state index in [-0.39, 0.29) is 0 Å². The van der Waals surface area contributed by atoms with Crippen molar-refractivity contribution in [3.05, 3.63) is 65.2 Å². The van der Waals surface area contributed by atoms with Gasteiger partial charge in [-0.05, 0) is 55.1 Å². The summed E-state index contributed by atoms with van der Waals surface area (Å²) in [6.07, 6.45) is 4.51. The number of rotatable bonds is 7. The van der Waals surface area contributed by atoms with E-state index in [1.165, 1.54) is 23.1 Å². The van der Waals surface area contributed by atoms with Gasteiger partial charge in [0.25, 0.3) is 0 Å². The van der Waals surface area contributed by atoms with Crippen LogP contribution in [0.3, 0.4) is 0 Å². The average Bonchev–Trinajstić information content (AvgIpc) is 2.99. The number of fused-ring (bicyclic) bond motifs is 1. The maximum Gasteiger partial charge on any atom is 0.122 e. The molecule has 1 aliphatic heterocycles. The minimum Gasteiger partial charge on any atom is -0.493 e. The lowest BCUT2D eigenvalue weighted by Crippen LogP contribution is -2.19. The molecule has 0 bridgehead atoms. The summed E-state index contributed by atoms with van der Waals surface area (Å²) >= 11 is 0. The molecular formula is C19H23NO. The van der Waals surface area contributed by atoms with Gasteiger partial charge in [0.2, 0.25) is 0 Å². The Labute approximate surface area is 127 Å². The van der Waals surface area contributed by atoms with Crippen molar-refractivity contribution in [2.75, 3.05) is 19.7 Å². The number of hydrogen-bond donors (Lipinski definition) is 1. The van der Waals surface area contributed by atoms with Gasteiger partial charge in [-0.25, -0.2) is 0 Å². The highest BCUT2D eigenvalue weighted by atomic mass is 16.5. The van der Waals surface area contributed by atoms with E-state index in [4.69, 9.17) is 4.74 Å². The van der Waals surface area contributed by atoms with E-state index in [1.807, 2.05) is 0 Å². The number of ether oxygens (including phenoxy) is 1. The minimum absolute atomic E-state index is 0.844. The van der Waals surface area contributed by atoms with E-state index in [9.17, 15) is 0 Å². The van der Waals surface area contributed by atoms with Crippen LogP contribution in [0.25, 0.3) is 0 Å². The van der Waals surface area contributed by atoms with E-state index in [1.54, 1.807) is 0 Å². The molecule has 0 radical (unpaired) electrons. The molecule has 1 heterocycles. The molecule has 0 amide bonds. The molecule has 2 nitrogen and oxygen atoms in total. The molecule has 0 fully saturated rings. The molecule has 21 heavy (non-hydrogen) atoms. The molecule has 2 aromatic rings. The molecule has 0 saturated heterocycles. The van der Waals surface area contributed by atoms with Gasteiger partial charge in [0.15, 0.2) is 0 Å². The fourth-order valence-electron chi connectivity index (χ4n) is 2.82. The molecule has 0 unspecified atom stereocenters. The predicted octanol–water partition coefficient (Wildman–Crippen LogP) is 3.39. The molecule has 0 aromatic heterocycles. The molecular weight excluding hydrogens is 258 g/mol. The van der Waals surface area contributed by atoms with E-state index < -0.39 is 0 Å². The maximum absolute atomic E-state index is 5.54. The number of hydrogen-bond acceptors (Lipinski definition) is 2. The summed E-state index contributed by atoms with van der Waals surface area (Å²) in [5, 5.41) is 3.54. The molecule has 1 aliphatic rings. The third-order valence-electron chi connectivity index (χ3n) is 4.01. The molecule has 110 valence electrons. The fraction of sp³-hybridized carbons (Fsp3) is 0.368. The highest BCUT2D eigenvalue weighted by Gasteiger charge is 2.11. The first-order chi connectivity index (χ1) is 10.4. The van der Waals surface area contributed by atoms with Crippen LogP contribution in [0.5, 0.6) is 5.75 Å². The smallest absolute Gasteiger partial charge is 0.122 e. The van der Waals surface area contributed by atoms with Crippen LogP contribution in [-0.4, -0.2) is 19.7 Å². The summed E-state index contributed by atoms with van der Waals surface area (Å²) in [5.41, 5.74) is 4.21. The van der Waals surface area contributed by atoms with Crippen LogP contribution in [-0.2, 0) is 19.3 Å². The van der Waals surface area contributed by atoms with Crippen molar-refractivity contribution in [1.29, 1.82) is 0 Å². The van der Waals surface area contributed by atoms with Crippen molar-refractivity contribution in [2.45, 2.75) is 25.7 Å². The van der Waals surface area contributed by atoms with Crippen molar-refractivity contribution in [1.82, 2.24) is 5.32 Å². The number of aryl methyl sites for hydroxylation is 1. The average molecular weight is 281 g/mol. The summed E-state index contributed by atoms with van der Waals surface area (Å²) in [5.74, 6) is 1.08. The summed E-state index contributed by atoms with van der Waals surface area (Å²) in [4.78, 5) is 0. The van der Waals surface area contributed by atoms with E-state index >= 15 is 0 Å². The van der Waals surface area contributed by atoms with E-state index in [2.05, 4.69) is 53.8 Å². The third kappa shape index (κ3) is 4.08. The van der Waals surface area contributed by atoms with E-state index in [0.29, 0.717) is 0 Å². The van der Waals surface area contributed by atoms with Gasteiger partial charge in [0.05, 0.1) is 6.61 Å². The van der Waals surface area contributed by atoms with Crippen molar-refractivity contribution in [2.24, 2.45) is 0 Å². The molecule has 0 atom stereocenters. The van der Waals surface area contributed by atoms with Gasteiger partial charge in [-0.2, -0.15) is 0 Å². The minimum atomic E-state index is 0.844. The Morgan fingerprint density at radius 2 is 1.81 bits per heavy atom. The topological polar surface area (TPSA) is 21.3 Å². The molecule has 0 saturated carbocycles. The molecule has 1 N–H and O–H groups in total. The van der Waals surface area contributed by atoms with Crippen molar-refractivity contribution in [3.8, 4) is 5.75 Å². The quantitative estimate of drug-likeness (QED) is 0.786. The zero-order valence-corrected chi connectivity index (χ0v) is 12.5. The molecule has 0 spiro atoms. The second-order valence-corrected chi connectivity index (χ2v) is 5.63. The molecule has 2 heteroatoms. The van der Waals surface area contributed by atoms with Crippen LogP contribution in [0.4, 0.5) is 0 Å². The molecule has 3 rings (SSSR count). The van der Waals surface area contributed by atoms with Gasteiger partial charge >= 0.3 is 0 Å². The van der Waals surface area contributed by atoms with Gasteiger partial charge in [-0.1, -0.05) is 42.5 Å². The van der Waals surface area contributed by atoms with Crippen LogP contribution in [0.2, 0.25) is 0 Å². The highest BCUT2D eigenvalue weighted by Crippen LogP contribution is 2.25. The van der Waals surface area contributed by atoms with Crippen LogP contribution < -0.4 is 10.1 Å². The predicted molar refractivity (Wildman–Crippen MR) is 87.0 cm³/mol. The summed E-state index contributed by atoms with van der Waals surface area (Å²) in [7, 11) is 0. The lowest BCUT2D eigenvalue weighted by atomic mass is 10.1. The first-order valence-electron chi connectivity index (χ1n) is 7.91. The van der Waals surface area contributed by atoms with Gasteiger partial charge in [-0.15, -0.1) is 0 Å². The van der Waals surface area contributed by atoms with Gasteiger partial charge in [0, 0.05) is 6.42 Å². The second kappa shape index (κ2) is 7.28. The summed E-state index contributed by atoms with van der Waals surface area (Å²) in [6, 6.07) is 17.3. The molecule has 2 aromatic carbocycles. The zero-order valence-electron chi connectivity index (χ0n) is 12.5. The monoisotopic (exact) mass is 281 g/mol. The van der Waals surface area contributed by atoms with Crippen LogP contribution in [0.1, 0.15) is 23.1 Å². The standard InChI is InChI=1S/C19H23NO/c1-2-5-16(6-3-1)7-4-12-20-13-10-17-8-9-19-18(15-17)11-14-21-19/h1-3,5-6,8-9,15,20H,4,7,10-14H2. The van der Waals surface area contributed by atoms with Gasteiger partial charge in [-0.3, -0.25) is 0 Å². The second-order valence-electron chi connectivity index (χ2n) is 5.63. The maximum atomic E-state index is 5.54. The normalized spacial score (nSPS) is 13.0. The highest BCUT2D eigenvalue weighted by molar-refractivity contribution is 5.39. The Balaban J connectivity index is 1.33. The number of benzene rings is 2. The Morgan fingerprint density at radius 3 is 2.71 bits per heavy atom. The summed E-state index contributed by atoms with van der Waals surface area (Å²) < 4.78 is 5.54. The Hall–Kier alpha value is -1.80. The zero-order chi connectivity index (χ0) is 14.3. The fourth-order valence-corrected chi connectivity index (χ4v) is 2.82. The first-order valence-corrected chi connectivity index (χ1v) is 7.91. The molecule has 0 aliphatic carbocycles. The van der Waals surface area contributed by atoms with E-state index in [0.717, 1.165) is 44.7 Å². The Bertz CT molecular complexity index is 565. The third-order valence-corrected chi connectivity index (χ3v) is 4.01. The van der Waals surface area contributed by atoms with Crippen molar-refractivity contribution < 1.29 is 4.74 Å². The largest absolute Gasteiger partial charge is 0.493 e. The lowest BCUT2D eigenvalue weighted by molar-refractivity contribution is 0.357.